The fourth-order valence-electron chi connectivity index (χ4n) is 1.96. The van der Waals surface area contributed by atoms with Crippen LogP contribution in [0.25, 0.3) is 0 Å². The maximum absolute atomic E-state index is 12.3. The van der Waals surface area contributed by atoms with Crippen LogP contribution in [0.5, 0.6) is 0 Å². The number of halogens is 1. The average Bonchev–Trinajstić information content (AvgIpc) is 2.78. The highest BCUT2D eigenvalue weighted by Gasteiger charge is 2.31. The molecule has 2 rings (SSSR count). The molecule has 0 radical (unpaired) electrons. The van der Waals surface area contributed by atoms with Gasteiger partial charge in [0.1, 0.15) is 0 Å². The Labute approximate surface area is 110 Å². The van der Waals surface area contributed by atoms with Gasteiger partial charge in [-0.05, 0) is 31.7 Å². The third kappa shape index (κ3) is 2.70. The number of hydrogen-bond acceptors (Lipinski definition) is 3. The third-order valence-corrected chi connectivity index (χ3v) is 5.35. The van der Waals surface area contributed by atoms with E-state index in [1.807, 2.05) is 13.1 Å². The second-order valence-corrected chi connectivity index (χ2v) is 6.95. The molecule has 1 aromatic rings. The van der Waals surface area contributed by atoms with Crippen molar-refractivity contribution < 1.29 is 8.42 Å². The van der Waals surface area contributed by atoms with E-state index in [9.17, 15) is 8.42 Å². The molecular weight excluding hydrogens is 304 g/mol. The summed E-state index contributed by atoms with van der Waals surface area (Å²) in [6, 6.07) is 7.09. The number of rotatable bonds is 3. The molecule has 0 aliphatic carbocycles. The Hall–Kier alpha value is -0.430. The topological polar surface area (TPSA) is 49.4 Å². The summed E-state index contributed by atoms with van der Waals surface area (Å²) in [6.45, 7) is 1.13. The second-order valence-electron chi connectivity index (χ2n) is 4.09. The summed E-state index contributed by atoms with van der Waals surface area (Å²) in [4.78, 5) is 0.351. The van der Waals surface area contributed by atoms with Crippen molar-refractivity contribution in [2.24, 2.45) is 0 Å². The van der Waals surface area contributed by atoms with Crippen molar-refractivity contribution in [1.29, 1.82) is 0 Å². The smallest absolute Gasteiger partial charge is 0.243 e. The van der Waals surface area contributed by atoms with Crippen molar-refractivity contribution >= 4 is 26.0 Å². The number of benzene rings is 1. The first-order chi connectivity index (χ1) is 8.04. The molecule has 1 atom stereocenters. The molecule has 1 aromatic carbocycles. The highest BCUT2D eigenvalue weighted by Crippen LogP contribution is 2.23. The number of nitrogens with one attached hydrogen (secondary N) is 1. The van der Waals surface area contributed by atoms with E-state index in [4.69, 9.17) is 0 Å². The van der Waals surface area contributed by atoms with Crippen LogP contribution in [0, 0.1) is 0 Å². The minimum Gasteiger partial charge on any atom is -0.316 e. The van der Waals surface area contributed by atoms with Gasteiger partial charge in [0.2, 0.25) is 10.0 Å². The van der Waals surface area contributed by atoms with Crippen LogP contribution in [0.3, 0.4) is 0 Å². The van der Waals surface area contributed by atoms with Gasteiger partial charge < -0.3 is 5.32 Å². The van der Waals surface area contributed by atoms with E-state index in [1.165, 1.54) is 4.31 Å². The fraction of sp³-hybridized carbons (Fsp3) is 0.455. The van der Waals surface area contributed by atoms with Gasteiger partial charge in [-0.25, -0.2) is 8.42 Å². The quantitative estimate of drug-likeness (QED) is 0.917. The molecule has 1 unspecified atom stereocenters. The zero-order valence-electron chi connectivity index (χ0n) is 9.56. The Kier molecular flexibility index (Phi) is 3.87. The molecule has 0 aromatic heterocycles. The van der Waals surface area contributed by atoms with Crippen LogP contribution in [0.15, 0.2) is 33.6 Å². The maximum Gasteiger partial charge on any atom is 0.243 e. The predicted octanol–water partition coefficient (Wildman–Crippen LogP) is 1.43. The van der Waals surface area contributed by atoms with E-state index in [2.05, 4.69) is 21.2 Å². The monoisotopic (exact) mass is 318 g/mol. The van der Waals surface area contributed by atoms with Crippen molar-refractivity contribution in [2.75, 3.05) is 20.1 Å². The first kappa shape index (κ1) is 13.0. The summed E-state index contributed by atoms with van der Waals surface area (Å²) < 4.78 is 27.0. The number of nitrogens with zero attached hydrogens (tertiary/aromatic N) is 1. The molecule has 6 heteroatoms. The summed E-state index contributed by atoms with van der Waals surface area (Å²) in [5, 5.41) is 3.11. The first-order valence-electron chi connectivity index (χ1n) is 5.47. The Morgan fingerprint density at radius 3 is 2.82 bits per heavy atom. The van der Waals surface area contributed by atoms with Gasteiger partial charge in [-0.15, -0.1) is 0 Å². The second kappa shape index (κ2) is 5.06. The van der Waals surface area contributed by atoms with Crippen LogP contribution in [0.2, 0.25) is 0 Å². The minimum atomic E-state index is -3.34. The molecular formula is C11H15BrN2O2S. The molecule has 1 aliphatic heterocycles. The lowest BCUT2D eigenvalue weighted by Gasteiger charge is -2.16. The van der Waals surface area contributed by atoms with Crippen molar-refractivity contribution in [1.82, 2.24) is 9.62 Å². The summed E-state index contributed by atoms with van der Waals surface area (Å²) in [5.41, 5.74) is 0. The van der Waals surface area contributed by atoms with Gasteiger partial charge in [0.25, 0.3) is 0 Å². The summed E-state index contributed by atoms with van der Waals surface area (Å²) in [6.07, 6.45) is 0.865. The minimum absolute atomic E-state index is 0.261. The summed E-state index contributed by atoms with van der Waals surface area (Å²) in [7, 11) is -1.48. The van der Waals surface area contributed by atoms with Crippen LogP contribution in [0.4, 0.5) is 0 Å². The standard InChI is InChI=1S/C11H15BrN2O2S/c1-13-10-5-6-14(8-10)17(15,16)11-4-2-3-9(12)7-11/h2-4,7,10,13H,5-6,8H2,1H3. The molecule has 0 amide bonds. The lowest BCUT2D eigenvalue weighted by molar-refractivity contribution is 0.464. The van der Waals surface area contributed by atoms with Gasteiger partial charge in [0.15, 0.2) is 0 Å². The molecule has 94 valence electrons. The highest BCUT2D eigenvalue weighted by molar-refractivity contribution is 9.10. The van der Waals surface area contributed by atoms with Crippen molar-refractivity contribution in [3.05, 3.63) is 28.7 Å². The van der Waals surface area contributed by atoms with Gasteiger partial charge >= 0.3 is 0 Å². The first-order valence-corrected chi connectivity index (χ1v) is 7.70. The molecule has 1 saturated heterocycles. The van der Waals surface area contributed by atoms with Crippen LogP contribution >= 0.6 is 15.9 Å². The third-order valence-electron chi connectivity index (χ3n) is 2.99. The van der Waals surface area contributed by atoms with E-state index in [0.717, 1.165) is 10.9 Å². The van der Waals surface area contributed by atoms with Crippen LogP contribution in [-0.2, 0) is 10.0 Å². The Balaban J connectivity index is 2.25. The predicted molar refractivity (Wildman–Crippen MR) is 70.4 cm³/mol. The van der Waals surface area contributed by atoms with Crippen LogP contribution in [-0.4, -0.2) is 38.9 Å². The molecule has 0 saturated carbocycles. The Morgan fingerprint density at radius 1 is 1.47 bits per heavy atom. The van der Waals surface area contributed by atoms with E-state index in [0.29, 0.717) is 18.0 Å². The number of likely N-dealkylation sites (N-methyl/N-ethyl adjacent to an activating group) is 1. The molecule has 0 bridgehead atoms. The largest absolute Gasteiger partial charge is 0.316 e. The van der Waals surface area contributed by atoms with Crippen molar-refractivity contribution in [3.8, 4) is 0 Å². The van der Waals surface area contributed by atoms with E-state index in [-0.39, 0.29) is 6.04 Å². The Morgan fingerprint density at radius 2 is 2.24 bits per heavy atom. The molecule has 17 heavy (non-hydrogen) atoms. The van der Waals surface area contributed by atoms with Crippen LogP contribution in [0.1, 0.15) is 6.42 Å². The lowest BCUT2D eigenvalue weighted by atomic mass is 10.3. The van der Waals surface area contributed by atoms with Gasteiger partial charge in [-0.1, -0.05) is 22.0 Å². The van der Waals surface area contributed by atoms with Crippen LogP contribution < -0.4 is 5.32 Å². The summed E-state index contributed by atoms with van der Waals surface area (Å²) >= 11 is 3.29. The number of hydrogen-bond donors (Lipinski definition) is 1. The average molecular weight is 319 g/mol. The zero-order chi connectivity index (χ0) is 12.5. The van der Waals surface area contributed by atoms with Gasteiger partial charge in [-0.2, -0.15) is 4.31 Å². The van der Waals surface area contributed by atoms with E-state index >= 15 is 0 Å². The SMILES string of the molecule is CNC1CCN(S(=O)(=O)c2cccc(Br)c2)C1. The molecule has 1 fully saturated rings. The molecule has 1 heterocycles. The summed E-state index contributed by atoms with van der Waals surface area (Å²) in [5.74, 6) is 0. The molecule has 1 N–H and O–H groups in total. The van der Waals surface area contributed by atoms with Crippen molar-refractivity contribution in [2.45, 2.75) is 17.4 Å². The van der Waals surface area contributed by atoms with Gasteiger partial charge in [0.05, 0.1) is 4.90 Å². The molecule has 4 nitrogen and oxygen atoms in total. The van der Waals surface area contributed by atoms with Gasteiger partial charge in [0, 0.05) is 23.6 Å². The normalized spacial score (nSPS) is 21.9. The lowest BCUT2D eigenvalue weighted by Crippen LogP contribution is -2.33. The zero-order valence-corrected chi connectivity index (χ0v) is 12.0. The van der Waals surface area contributed by atoms with E-state index < -0.39 is 10.0 Å². The molecule has 1 aliphatic rings. The maximum atomic E-state index is 12.3. The number of sulfonamides is 1. The van der Waals surface area contributed by atoms with Crippen molar-refractivity contribution in [3.63, 3.8) is 0 Å². The fourth-order valence-corrected chi connectivity index (χ4v) is 4.06. The highest BCUT2D eigenvalue weighted by atomic mass is 79.9. The Bertz CT molecular complexity index is 504. The molecule has 0 spiro atoms. The van der Waals surface area contributed by atoms with Gasteiger partial charge in [-0.3, -0.25) is 0 Å². The van der Waals surface area contributed by atoms with E-state index in [1.54, 1.807) is 18.2 Å².